The number of hydrogen-bond acceptors (Lipinski definition) is 5. The van der Waals surface area contributed by atoms with Gasteiger partial charge in [-0.3, -0.25) is 10.1 Å². The number of amides is 3. The molecule has 0 bridgehead atoms. The van der Waals surface area contributed by atoms with Crippen LogP contribution in [0.3, 0.4) is 0 Å². The zero-order valence-corrected chi connectivity index (χ0v) is 19.5. The first-order chi connectivity index (χ1) is 15.2. The smallest absolute Gasteiger partial charge is 0.326 e. The van der Waals surface area contributed by atoms with Gasteiger partial charge in [0.25, 0.3) is 5.91 Å². The summed E-state index contributed by atoms with van der Waals surface area (Å²) in [5.41, 5.74) is -0.398. The Morgan fingerprint density at radius 2 is 1.75 bits per heavy atom. The van der Waals surface area contributed by atoms with Gasteiger partial charge in [-0.1, -0.05) is 17.7 Å². The quantitative estimate of drug-likeness (QED) is 0.381. The van der Waals surface area contributed by atoms with E-state index < -0.39 is 29.1 Å². The summed E-state index contributed by atoms with van der Waals surface area (Å²) < 4.78 is 33.8. The zero-order chi connectivity index (χ0) is 23.4. The number of imide groups is 1. The number of urea groups is 1. The van der Waals surface area contributed by atoms with Crippen molar-refractivity contribution in [2.45, 2.75) is 0 Å². The minimum Gasteiger partial charge on any atom is -0.435 e. The van der Waals surface area contributed by atoms with Crippen molar-refractivity contribution in [3.63, 3.8) is 0 Å². The van der Waals surface area contributed by atoms with Gasteiger partial charge in [-0.05, 0) is 62.2 Å². The van der Waals surface area contributed by atoms with Crippen LogP contribution in [0.1, 0.15) is 15.9 Å². The molecule has 3 amide bonds. The topological polar surface area (TPSA) is 104 Å². The molecule has 0 unspecified atom stereocenters. The van der Waals surface area contributed by atoms with Crippen LogP contribution < -0.4 is 15.4 Å². The molecular formula is C20H9Br2ClF2N4O3. The third kappa shape index (κ3) is 5.40. The summed E-state index contributed by atoms with van der Waals surface area (Å²) in [6, 6.07) is 8.08. The second-order valence-electron chi connectivity index (χ2n) is 6.00. The number of nitriles is 1. The van der Waals surface area contributed by atoms with Gasteiger partial charge >= 0.3 is 6.03 Å². The first-order valence-corrected chi connectivity index (χ1v) is 10.4. The summed E-state index contributed by atoms with van der Waals surface area (Å²) in [6.07, 6.45) is 1.29. The fourth-order valence-electron chi connectivity index (χ4n) is 2.43. The Hall–Kier alpha value is -3.07. The van der Waals surface area contributed by atoms with Crippen molar-refractivity contribution < 1.29 is 23.1 Å². The molecule has 2 aromatic carbocycles. The largest absolute Gasteiger partial charge is 0.435 e. The van der Waals surface area contributed by atoms with Gasteiger partial charge in [0.2, 0.25) is 5.88 Å². The van der Waals surface area contributed by atoms with Crippen molar-refractivity contribution in [2.75, 3.05) is 5.32 Å². The molecule has 32 heavy (non-hydrogen) atoms. The fraction of sp³-hybridized carbons (Fsp3) is 0. The molecule has 0 spiro atoms. The maximum atomic E-state index is 13.7. The van der Waals surface area contributed by atoms with Gasteiger partial charge in [0.05, 0.1) is 14.5 Å². The van der Waals surface area contributed by atoms with Crippen LogP contribution in [0.5, 0.6) is 11.6 Å². The van der Waals surface area contributed by atoms with Crippen molar-refractivity contribution >= 4 is 61.1 Å². The maximum absolute atomic E-state index is 13.7. The molecule has 0 radical (unpaired) electrons. The van der Waals surface area contributed by atoms with Gasteiger partial charge in [-0.15, -0.1) is 0 Å². The number of anilines is 1. The lowest BCUT2D eigenvalue weighted by molar-refractivity contribution is 0.0959. The van der Waals surface area contributed by atoms with E-state index in [0.29, 0.717) is 8.95 Å². The van der Waals surface area contributed by atoms with Crippen molar-refractivity contribution in [3.05, 3.63) is 79.3 Å². The number of nitrogens with zero attached hydrogens (tertiary/aromatic N) is 2. The molecular weight excluding hydrogens is 578 g/mol. The Labute approximate surface area is 201 Å². The molecule has 1 heterocycles. The van der Waals surface area contributed by atoms with Crippen molar-refractivity contribution in [1.82, 2.24) is 10.3 Å². The Bertz CT molecular complexity index is 1240. The number of hydrogen-bond donors (Lipinski definition) is 2. The van der Waals surface area contributed by atoms with Crippen LogP contribution in [0.25, 0.3) is 0 Å². The van der Waals surface area contributed by atoms with E-state index in [-0.39, 0.29) is 27.9 Å². The second kappa shape index (κ2) is 10.0. The predicted molar refractivity (Wildman–Crippen MR) is 119 cm³/mol. The third-order valence-electron chi connectivity index (χ3n) is 3.81. The monoisotopic (exact) mass is 584 g/mol. The highest BCUT2D eigenvalue weighted by atomic mass is 79.9. The molecule has 0 saturated carbocycles. The summed E-state index contributed by atoms with van der Waals surface area (Å²) in [6.45, 7) is 0. The van der Waals surface area contributed by atoms with E-state index >= 15 is 0 Å². The number of aromatic nitrogens is 1. The molecule has 12 heteroatoms. The van der Waals surface area contributed by atoms with E-state index in [1.54, 1.807) is 0 Å². The van der Waals surface area contributed by atoms with Crippen LogP contribution in [-0.2, 0) is 0 Å². The standard InChI is InChI=1S/C20H9Br2ClF2N4O3/c21-11-5-10(28-20(31)29-18(30)16-14(24)2-1-3-15(16)25)6-12(22)17(11)32-19-13(23)4-9(7-26)8-27-19/h1-6,8H,(H2,28,29,30,31). The van der Waals surface area contributed by atoms with E-state index in [4.69, 9.17) is 21.6 Å². The number of rotatable bonds is 4. The highest BCUT2D eigenvalue weighted by Crippen LogP contribution is 2.40. The minimum absolute atomic E-state index is 0.0445. The van der Waals surface area contributed by atoms with Crippen molar-refractivity contribution in [3.8, 4) is 17.7 Å². The van der Waals surface area contributed by atoms with E-state index in [1.807, 2.05) is 11.4 Å². The van der Waals surface area contributed by atoms with Crippen LogP contribution in [0.15, 0.2) is 51.5 Å². The molecule has 0 aliphatic rings. The molecule has 0 aliphatic heterocycles. The Kier molecular flexibility index (Phi) is 7.40. The molecule has 7 nitrogen and oxygen atoms in total. The number of nitrogens with one attached hydrogen (secondary N) is 2. The number of ether oxygens (including phenoxy) is 1. The summed E-state index contributed by atoms with van der Waals surface area (Å²) in [4.78, 5) is 28.1. The van der Waals surface area contributed by atoms with Gasteiger partial charge in [-0.2, -0.15) is 5.26 Å². The lowest BCUT2D eigenvalue weighted by Gasteiger charge is -2.13. The average molecular weight is 587 g/mol. The van der Waals surface area contributed by atoms with E-state index in [9.17, 15) is 18.4 Å². The summed E-state index contributed by atoms with van der Waals surface area (Å²) in [5, 5.41) is 13.2. The van der Waals surface area contributed by atoms with E-state index in [0.717, 1.165) is 18.2 Å². The van der Waals surface area contributed by atoms with Gasteiger partial charge < -0.3 is 10.1 Å². The molecule has 2 N–H and O–H groups in total. The summed E-state index contributed by atoms with van der Waals surface area (Å²) in [5.74, 6) is -3.13. The van der Waals surface area contributed by atoms with Gasteiger partial charge in [0.1, 0.15) is 28.3 Å². The zero-order valence-electron chi connectivity index (χ0n) is 15.6. The van der Waals surface area contributed by atoms with Crippen LogP contribution in [-0.4, -0.2) is 16.9 Å². The molecule has 3 rings (SSSR count). The molecule has 3 aromatic rings. The van der Waals surface area contributed by atoms with Gasteiger partial charge in [0.15, 0.2) is 5.75 Å². The Balaban J connectivity index is 1.74. The van der Waals surface area contributed by atoms with Crippen LogP contribution >= 0.6 is 43.5 Å². The minimum atomic E-state index is -1.24. The molecule has 0 saturated heterocycles. The summed E-state index contributed by atoms with van der Waals surface area (Å²) in [7, 11) is 0. The fourth-order valence-corrected chi connectivity index (χ4v) is 3.98. The highest BCUT2D eigenvalue weighted by molar-refractivity contribution is 9.11. The molecule has 0 aliphatic carbocycles. The highest BCUT2D eigenvalue weighted by Gasteiger charge is 2.20. The van der Waals surface area contributed by atoms with Gasteiger partial charge in [0, 0.05) is 11.9 Å². The van der Waals surface area contributed by atoms with Gasteiger partial charge in [-0.25, -0.2) is 18.6 Å². The Morgan fingerprint density at radius 3 is 2.31 bits per heavy atom. The number of carbonyl (C=O) groups excluding carboxylic acids is 2. The predicted octanol–water partition coefficient (Wildman–Crippen LogP) is 6.16. The molecule has 1 aromatic heterocycles. The number of carbonyl (C=O) groups is 2. The number of benzene rings is 2. The molecule has 0 atom stereocenters. The lowest BCUT2D eigenvalue weighted by atomic mass is 10.2. The SMILES string of the molecule is N#Cc1cnc(Oc2c(Br)cc(NC(=O)NC(=O)c3c(F)cccc3F)cc2Br)c(Cl)c1. The van der Waals surface area contributed by atoms with Crippen molar-refractivity contribution in [1.29, 1.82) is 5.26 Å². The first-order valence-electron chi connectivity index (χ1n) is 8.48. The van der Waals surface area contributed by atoms with Crippen molar-refractivity contribution in [2.24, 2.45) is 0 Å². The summed E-state index contributed by atoms with van der Waals surface area (Å²) >= 11 is 12.6. The molecule has 0 fully saturated rings. The number of halogens is 5. The normalized spacial score (nSPS) is 10.2. The third-order valence-corrected chi connectivity index (χ3v) is 5.26. The Morgan fingerprint density at radius 1 is 1.12 bits per heavy atom. The average Bonchev–Trinajstić information content (AvgIpc) is 2.71. The first kappa shape index (κ1) is 23.6. The number of pyridine rings is 1. The maximum Gasteiger partial charge on any atom is 0.326 e. The molecule has 162 valence electrons. The van der Waals surface area contributed by atoms with E-state index in [1.165, 1.54) is 24.4 Å². The van der Waals surface area contributed by atoms with E-state index in [2.05, 4.69) is 42.2 Å². The lowest BCUT2D eigenvalue weighted by Crippen LogP contribution is -2.35. The van der Waals surface area contributed by atoms with Crippen LogP contribution in [0, 0.1) is 23.0 Å². The van der Waals surface area contributed by atoms with Crippen LogP contribution in [0.4, 0.5) is 19.3 Å². The second-order valence-corrected chi connectivity index (χ2v) is 8.11. The van der Waals surface area contributed by atoms with Crippen LogP contribution in [0.2, 0.25) is 5.02 Å².